The predicted octanol–water partition coefficient (Wildman–Crippen LogP) is 4.31. The van der Waals surface area contributed by atoms with Crippen LogP contribution in [0.2, 0.25) is 0 Å². The highest BCUT2D eigenvalue weighted by Crippen LogP contribution is 2.33. The van der Waals surface area contributed by atoms with E-state index < -0.39 is 11.8 Å². The van der Waals surface area contributed by atoms with Gasteiger partial charge in [-0.3, -0.25) is 9.59 Å². The van der Waals surface area contributed by atoms with Crippen molar-refractivity contribution in [1.82, 2.24) is 10.6 Å². The first kappa shape index (κ1) is 26.3. The van der Waals surface area contributed by atoms with E-state index in [1.165, 1.54) is 25.7 Å². The van der Waals surface area contributed by atoms with Gasteiger partial charge in [-0.05, 0) is 80.6 Å². The van der Waals surface area contributed by atoms with E-state index >= 15 is 0 Å². The lowest BCUT2D eigenvalue weighted by Crippen LogP contribution is -2.36. The summed E-state index contributed by atoms with van der Waals surface area (Å²) >= 11 is 0. The number of benzene rings is 2. The van der Waals surface area contributed by atoms with Crippen molar-refractivity contribution in [3.05, 3.63) is 65.4 Å². The van der Waals surface area contributed by atoms with Crippen molar-refractivity contribution in [2.75, 3.05) is 19.8 Å². The zero-order valence-electron chi connectivity index (χ0n) is 20.6. The molecule has 7 heteroatoms. The Labute approximate surface area is 207 Å². The standard InChI is InChI=1S/C28H36N2O5/c1-20(2)35-25-12-8-22(9-13-25)19-26(28(33)29-16-17-31)30-27(32)23-10-14-24(15-11-23)34-18-4-3-5-21-6-7-21/h8-15,19-21,31H,3-7,16-18H2,1-2H3,(H,29,33)(H,30,32). The van der Waals surface area contributed by atoms with Crippen LogP contribution in [0.5, 0.6) is 11.5 Å². The maximum atomic E-state index is 12.8. The highest BCUT2D eigenvalue weighted by Gasteiger charge is 2.20. The molecule has 7 nitrogen and oxygen atoms in total. The zero-order valence-corrected chi connectivity index (χ0v) is 20.6. The first-order valence-electron chi connectivity index (χ1n) is 12.4. The van der Waals surface area contributed by atoms with Gasteiger partial charge in [0.05, 0.1) is 19.3 Å². The predicted molar refractivity (Wildman–Crippen MR) is 136 cm³/mol. The largest absolute Gasteiger partial charge is 0.494 e. The number of hydrogen-bond acceptors (Lipinski definition) is 5. The lowest BCUT2D eigenvalue weighted by atomic mass is 10.1. The van der Waals surface area contributed by atoms with Crippen molar-refractivity contribution in [1.29, 1.82) is 0 Å². The van der Waals surface area contributed by atoms with E-state index in [4.69, 9.17) is 14.6 Å². The monoisotopic (exact) mass is 480 g/mol. The van der Waals surface area contributed by atoms with Crippen LogP contribution >= 0.6 is 0 Å². The van der Waals surface area contributed by atoms with E-state index in [1.54, 1.807) is 42.5 Å². The zero-order chi connectivity index (χ0) is 25.0. The third kappa shape index (κ3) is 9.45. The highest BCUT2D eigenvalue weighted by molar-refractivity contribution is 6.05. The molecule has 0 heterocycles. The van der Waals surface area contributed by atoms with Gasteiger partial charge in [-0.25, -0.2) is 0 Å². The van der Waals surface area contributed by atoms with E-state index in [-0.39, 0.29) is 25.0 Å². The average molecular weight is 481 g/mol. The van der Waals surface area contributed by atoms with Crippen LogP contribution in [0, 0.1) is 5.92 Å². The van der Waals surface area contributed by atoms with Crippen molar-refractivity contribution in [3.8, 4) is 11.5 Å². The van der Waals surface area contributed by atoms with Crippen LogP contribution in [0.4, 0.5) is 0 Å². The van der Waals surface area contributed by atoms with Gasteiger partial charge in [-0.2, -0.15) is 0 Å². The molecule has 0 aliphatic heterocycles. The molecule has 0 saturated heterocycles. The summed E-state index contributed by atoms with van der Waals surface area (Å²) in [6.07, 6.45) is 7.91. The lowest BCUT2D eigenvalue weighted by Gasteiger charge is -2.12. The number of unbranched alkanes of at least 4 members (excludes halogenated alkanes) is 1. The van der Waals surface area contributed by atoms with E-state index in [1.807, 2.05) is 26.0 Å². The second kappa shape index (κ2) is 13.5. The molecule has 188 valence electrons. The Kier molecular flexibility index (Phi) is 10.2. The van der Waals surface area contributed by atoms with Gasteiger partial charge < -0.3 is 25.2 Å². The molecule has 0 aromatic heterocycles. The number of carbonyl (C=O) groups excluding carboxylic acids is 2. The van der Waals surface area contributed by atoms with Crippen LogP contribution in [0.3, 0.4) is 0 Å². The number of rotatable bonds is 14. The summed E-state index contributed by atoms with van der Waals surface area (Å²) in [5, 5.41) is 14.3. The third-order valence-electron chi connectivity index (χ3n) is 5.54. The third-order valence-corrected chi connectivity index (χ3v) is 5.54. The van der Waals surface area contributed by atoms with Crippen molar-refractivity contribution in [2.24, 2.45) is 5.92 Å². The smallest absolute Gasteiger partial charge is 0.267 e. The average Bonchev–Trinajstić information content (AvgIpc) is 3.67. The number of carbonyl (C=O) groups is 2. The van der Waals surface area contributed by atoms with Crippen LogP contribution in [0.1, 0.15) is 61.9 Å². The Morgan fingerprint density at radius 3 is 2.34 bits per heavy atom. The minimum absolute atomic E-state index is 0.0552. The minimum atomic E-state index is -0.485. The van der Waals surface area contributed by atoms with Crippen molar-refractivity contribution in [3.63, 3.8) is 0 Å². The molecule has 0 atom stereocenters. The molecule has 3 N–H and O–H groups in total. The van der Waals surface area contributed by atoms with Crippen LogP contribution in [-0.4, -0.2) is 42.8 Å². The molecule has 3 rings (SSSR count). The van der Waals surface area contributed by atoms with Crippen LogP contribution < -0.4 is 20.1 Å². The molecule has 0 unspecified atom stereocenters. The molecule has 2 amide bonds. The Hall–Kier alpha value is -3.32. The maximum absolute atomic E-state index is 12.8. The number of hydrogen-bond donors (Lipinski definition) is 3. The molecule has 0 spiro atoms. The molecule has 2 aromatic carbocycles. The van der Waals surface area contributed by atoms with Crippen molar-refractivity contribution in [2.45, 2.75) is 52.1 Å². The summed E-state index contributed by atoms with van der Waals surface area (Å²) in [6, 6.07) is 14.1. The Morgan fingerprint density at radius 2 is 1.71 bits per heavy atom. The molecule has 1 aliphatic rings. The van der Waals surface area contributed by atoms with Crippen molar-refractivity contribution < 1.29 is 24.2 Å². The van der Waals surface area contributed by atoms with Gasteiger partial charge in [0, 0.05) is 12.1 Å². The number of aliphatic hydroxyl groups is 1. The second-order valence-electron chi connectivity index (χ2n) is 9.04. The maximum Gasteiger partial charge on any atom is 0.267 e. The van der Waals surface area contributed by atoms with Gasteiger partial charge in [-0.1, -0.05) is 31.4 Å². The lowest BCUT2D eigenvalue weighted by molar-refractivity contribution is -0.117. The molecule has 0 radical (unpaired) electrons. The Morgan fingerprint density at radius 1 is 1.03 bits per heavy atom. The van der Waals surface area contributed by atoms with E-state index in [9.17, 15) is 9.59 Å². The summed E-state index contributed by atoms with van der Waals surface area (Å²) in [6.45, 7) is 4.44. The first-order chi connectivity index (χ1) is 16.9. The van der Waals surface area contributed by atoms with Gasteiger partial charge >= 0.3 is 0 Å². The molecular formula is C28H36N2O5. The minimum Gasteiger partial charge on any atom is -0.494 e. The summed E-state index contributed by atoms with van der Waals surface area (Å²) in [5.41, 5.74) is 1.21. The van der Waals surface area contributed by atoms with Gasteiger partial charge in [0.15, 0.2) is 0 Å². The van der Waals surface area contributed by atoms with Crippen molar-refractivity contribution >= 4 is 17.9 Å². The van der Waals surface area contributed by atoms with Gasteiger partial charge in [0.1, 0.15) is 17.2 Å². The van der Waals surface area contributed by atoms with E-state index in [0.29, 0.717) is 17.9 Å². The summed E-state index contributed by atoms with van der Waals surface area (Å²) < 4.78 is 11.4. The van der Waals surface area contributed by atoms with E-state index in [2.05, 4.69) is 10.6 Å². The molecule has 1 aliphatic carbocycles. The second-order valence-corrected chi connectivity index (χ2v) is 9.04. The van der Waals surface area contributed by atoms with Gasteiger partial charge in [-0.15, -0.1) is 0 Å². The molecular weight excluding hydrogens is 444 g/mol. The Balaban J connectivity index is 1.60. The van der Waals surface area contributed by atoms with Gasteiger partial charge in [0.2, 0.25) is 0 Å². The van der Waals surface area contributed by atoms with Crippen LogP contribution in [0.25, 0.3) is 6.08 Å². The molecule has 1 saturated carbocycles. The highest BCUT2D eigenvalue weighted by atomic mass is 16.5. The normalized spacial score (nSPS) is 13.4. The fraction of sp³-hybridized carbons (Fsp3) is 0.429. The summed E-state index contributed by atoms with van der Waals surface area (Å²) in [5.74, 6) is 1.48. The number of nitrogens with one attached hydrogen (secondary N) is 2. The fourth-order valence-electron chi connectivity index (χ4n) is 3.53. The quantitative estimate of drug-likeness (QED) is 0.277. The van der Waals surface area contributed by atoms with Crippen LogP contribution in [-0.2, 0) is 4.79 Å². The molecule has 35 heavy (non-hydrogen) atoms. The number of aliphatic hydroxyl groups excluding tert-OH is 1. The Bertz CT molecular complexity index is 979. The van der Waals surface area contributed by atoms with E-state index in [0.717, 1.165) is 23.7 Å². The summed E-state index contributed by atoms with van der Waals surface area (Å²) in [4.78, 5) is 25.4. The number of ether oxygens (including phenoxy) is 2. The first-order valence-corrected chi connectivity index (χ1v) is 12.4. The topological polar surface area (TPSA) is 96.9 Å². The molecule has 2 aromatic rings. The summed E-state index contributed by atoms with van der Waals surface area (Å²) in [7, 11) is 0. The molecule has 1 fully saturated rings. The van der Waals surface area contributed by atoms with Gasteiger partial charge in [0.25, 0.3) is 11.8 Å². The fourth-order valence-corrected chi connectivity index (χ4v) is 3.53. The molecule has 0 bridgehead atoms. The van der Waals surface area contributed by atoms with Crippen LogP contribution in [0.15, 0.2) is 54.2 Å². The number of amides is 2. The SMILES string of the molecule is CC(C)Oc1ccc(C=C(NC(=O)c2ccc(OCCCCC3CC3)cc2)C(=O)NCCO)cc1.